The van der Waals surface area contributed by atoms with Crippen LogP contribution < -0.4 is 0 Å². The minimum absolute atomic E-state index is 0.0759. The summed E-state index contributed by atoms with van der Waals surface area (Å²) in [6.45, 7) is 6.57. The molecule has 432 valence electrons. The van der Waals surface area contributed by atoms with E-state index < -0.39 is 6.10 Å². The number of allylic oxidation sites excluding steroid dienone is 8. The molecule has 1 unspecified atom stereocenters. The second-order valence-corrected chi connectivity index (χ2v) is 22.0. The second-order valence-electron chi connectivity index (χ2n) is 22.0. The number of hydrogen-bond acceptors (Lipinski definition) is 6. The van der Waals surface area contributed by atoms with Gasteiger partial charge in [-0.1, -0.05) is 320 Å². The van der Waals surface area contributed by atoms with E-state index in [0.29, 0.717) is 19.3 Å². The quantitative estimate of drug-likeness (QED) is 0.0261. The van der Waals surface area contributed by atoms with E-state index in [-0.39, 0.29) is 31.1 Å². The van der Waals surface area contributed by atoms with Gasteiger partial charge in [0, 0.05) is 19.3 Å². The van der Waals surface area contributed by atoms with Crippen LogP contribution in [0.15, 0.2) is 48.6 Å². The lowest BCUT2D eigenvalue weighted by Crippen LogP contribution is -2.30. The molecule has 0 bridgehead atoms. The van der Waals surface area contributed by atoms with Crippen molar-refractivity contribution in [1.29, 1.82) is 0 Å². The van der Waals surface area contributed by atoms with Gasteiger partial charge in [-0.3, -0.25) is 14.4 Å². The summed E-state index contributed by atoms with van der Waals surface area (Å²) in [7, 11) is 0. The molecule has 0 rings (SSSR count). The smallest absolute Gasteiger partial charge is 0.306 e. The summed E-state index contributed by atoms with van der Waals surface area (Å²) in [6, 6.07) is 0. The molecule has 0 N–H and O–H groups in total. The first-order valence-electron chi connectivity index (χ1n) is 32.6. The first-order valence-corrected chi connectivity index (χ1v) is 32.6. The number of esters is 3. The van der Waals surface area contributed by atoms with Gasteiger partial charge in [-0.25, -0.2) is 0 Å². The Morgan fingerprint density at radius 3 is 0.824 bits per heavy atom. The summed E-state index contributed by atoms with van der Waals surface area (Å²) < 4.78 is 16.9. The van der Waals surface area contributed by atoms with Gasteiger partial charge in [0.15, 0.2) is 6.10 Å². The van der Waals surface area contributed by atoms with Crippen molar-refractivity contribution in [2.75, 3.05) is 13.2 Å². The summed E-state index contributed by atoms with van der Waals surface area (Å²) in [5.74, 6) is -0.875. The Bertz CT molecular complexity index is 1280. The average Bonchev–Trinajstić information content (AvgIpc) is 3.40. The maximum absolute atomic E-state index is 12.9. The summed E-state index contributed by atoms with van der Waals surface area (Å²) in [4.78, 5) is 38.3. The topological polar surface area (TPSA) is 78.9 Å². The molecule has 0 saturated carbocycles. The van der Waals surface area contributed by atoms with E-state index in [2.05, 4.69) is 69.4 Å². The van der Waals surface area contributed by atoms with Gasteiger partial charge in [-0.15, -0.1) is 0 Å². The third-order valence-corrected chi connectivity index (χ3v) is 14.6. The van der Waals surface area contributed by atoms with Crippen LogP contribution in [0.4, 0.5) is 0 Å². The molecule has 0 aromatic heterocycles. The Morgan fingerprint density at radius 1 is 0.284 bits per heavy atom. The maximum atomic E-state index is 12.9. The van der Waals surface area contributed by atoms with Gasteiger partial charge < -0.3 is 14.2 Å². The SMILES string of the molecule is CC/C=C\C/C=C\C/C=C\C/C=C\CCCCCCC(=O)OCC(COC(=O)CCCCCCCCCCCCCCCCCCCCCCC)OC(=O)CCCCCCCCCCCCCCCCCCCC. The Kier molecular flexibility index (Phi) is 60.7. The van der Waals surface area contributed by atoms with Crippen LogP contribution in [0.5, 0.6) is 0 Å². The number of unbranched alkanes of at least 4 members (excludes halogenated alkanes) is 41. The number of carbonyl (C=O) groups is 3. The normalized spacial score (nSPS) is 12.3. The molecule has 6 nitrogen and oxygen atoms in total. The van der Waals surface area contributed by atoms with Crippen molar-refractivity contribution in [3.63, 3.8) is 0 Å². The molecule has 1 atom stereocenters. The molecule has 0 aromatic carbocycles. The maximum Gasteiger partial charge on any atom is 0.306 e. The molecule has 0 spiro atoms. The number of hydrogen-bond donors (Lipinski definition) is 0. The van der Waals surface area contributed by atoms with Crippen molar-refractivity contribution < 1.29 is 28.6 Å². The van der Waals surface area contributed by atoms with Crippen molar-refractivity contribution in [3.05, 3.63) is 48.6 Å². The number of carbonyl (C=O) groups excluding carboxylic acids is 3. The van der Waals surface area contributed by atoms with Gasteiger partial charge in [0.2, 0.25) is 0 Å². The van der Waals surface area contributed by atoms with E-state index in [1.54, 1.807) is 0 Å². The highest BCUT2D eigenvalue weighted by atomic mass is 16.6. The fourth-order valence-electron chi connectivity index (χ4n) is 9.73. The Hall–Kier alpha value is -2.63. The molecule has 0 aromatic rings. The lowest BCUT2D eigenvalue weighted by molar-refractivity contribution is -0.167. The number of rotatable bonds is 60. The summed E-state index contributed by atoms with van der Waals surface area (Å²) in [5, 5.41) is 0. The van der Waals surface area contributed by atoms with E-state index >= 15 is 0 Å². The largest absolute Gasteiger partial charge is 0.462 e. The summed E-state index contributed by atoms with van der Waals surface area (Å²) in [5.41, 5.74) is 0. The molecule has 0 radical (unpaired) electrons. The monoisotopic (exact) mass is 1040 g/mol. The van der Waals surface area contributed by atoms with Gasteiger partial charge in [0.1, 0.15) is 13.2 Å². The summed E-state index contributed by atoms with van der Waals surface area (Å²) >= 11 is 0. The third-order valence-electron chi connectivity index (χ3n) is 14.6. The van der Waals surface area contributed by atoms with Gasteiger partial charge >= 0.3 is 17.9 Å². The summed E-state index contributed by atoms with van der Waals surface area (Å²) in [6.07, 6.45) is 78.3. The lowest BCUT2D eigenvalue weighted by atomic mass is 10.0. The van der Waals surface area contributed by atoms with E-state index in [1.807, 2.05) is 0 Å². The third kappa shape index (κ3) is 60.2. The fourth-order valence-corrected chi connectivity index (χ4v) is 9.73. The van der Waals surface area contributed by atoms with Gasteiger partial charge in [0.25, 0.3) is 0 Å². The molecule has 6 heteroatoms. The van der Waals surface area contributed by atoms with Crippen LogP contribution in [-0.4, -0.2) is 37.2 Å². The molecule has 0 saturated heterocycles. The van der Waals surface area contributed by atoms with Gasteiger partial charge in [-0.05, 0) is 57.8 Å². The van der Waals surface area contributed by atoms with Crippen LogP contribution in [0.1, 0.15) is 348 Å². The van der Waals surface area contributed by atoms with Crippen molar-refractivity contribution in [2.45, 2.75) is 354 Å². The Labute approximate surface area is 460 Å². The van der Waals surface area contributed by atoms with Crippen molar-refractivity contribution in [3.8, 4) is 0 Å². The standard InChI is InChI=1S/C68H124O6/c1-4-7-10-13-16-19-22-25-28-31-33-34-35-38-40-43-46-49-52-55-58-61-67(70)73-64-65(63-72-66(69)60-57-54-51-48-45-42-39-36-30-27-24-21-18-15-12-9-6-3)74-68(71)62-59-56-53-50-47-44-41-37-32-29-26-23-20-17-14-11-8-5-2/h9,12,18,21,27,30,39,42,65H,4-8,10-11,13-17,19-20,22-26,28-29,31-38,40-41,43-64H2,1-3H3/b12-9-,21-18-,30-27-,42-39-. The molecule has 0 aliphatic heterocycles. The first kappa shape index (κ1) is 71.4. The fraction of sp³-hybridized carbons (Fsp3) is 0.838. The van der Waals surface area contributed by atoms with Crippen molar-refractivity contribution in [1.82, 2.24) is 0 Å². The molecular weight excluding hydrogens is 913 g/mol. The van der Waals surface area contributed by atoms with Crippen LogP contribution in [0.2, 0.25) is 0 Å². The molecule has 0 aliphatic carbocycles. The van der Waals surface area contributed by atoms with Crippen LogP contribution in [0.25, 0.3) is 0 Å². The zero-order chi connectivity index (χ0) is 53.6. The minimum Gasteiger partial charge on any atom is -0.462 e. The highest BCUT2D eigenvalue weighted by molar-refractivity contribution is 5.71. The van der Waals surface area contributed by atoms with E-state index in [1.165, 1.54) is 212 Å². The molecule has 0 heterocycles. The van der Waals surface area contributed by atoms with E-state index in [9.17, 15) is 14.4 Å². The Balaban J connectivity index is 4.34. The highest BCUT2D eigenvalue weighted by Crippen LogP contribution is 2.18. The van der Waals surface area contributed by atoms with Crippen molar-refractivity contribution in [2.24, 2.45) is 0 Å². The predicted molar refractivity (Wildman–Crippen MR) is 321 cm³/mol. The van der Waals surface area contributed by atoms with Gasteiger partial charge in [-0.2, -0.15) is 0 Å². The van der Waals surface area contributed by atoms with Crippen LogP contribution in [0, 0.1) is 0 Å². The van der Waals surface area contributed by atoms with Crippen LogP contribution >= 0.6 is 0 Å². The predicted octanol–water partition coefficient (Wildman–Crippen LogP) is 22.2. The molecule has 0 aliphatic rings. The minimum atomic E-state index is -0.781. The van der Waals surface area contributed by atoms with E-state index in [4.69, 9.17) is 14.2 Å². The molecule has 74 heavy (non-hydrogen) atoms. The molecule has 0 amide bonds. The Morgan fingerprint density at radius 2 is 0.527 bits per heavy atom. The van der Waals surface area contributed by atoms with Crippen molar-refractivity contribution >= 4 is 17.9 Å². The van der Waals surface area contributed by atoms with Crippen LogP contribution in [0.3, 0.4) is 0 Å². The van der Waals surface area contributed by atoms with E-state index in [0.717, 1.165) is 96.3 Å². The molecular formula is C68H124O6. The van der Waals surface area contributed by atoms with Crippen LogP contribution in [-0.2, 0) is 28.6 Å². The molecule has 0 fully saturated rings. The zero-order valence-electron chi connectivity index (χ0n) is 49.6. The zero-order valence-corrected chi connectivity index (χ0v) is 49.6. The average molecular weight is 1040 g/mol. The second kappa shape index (κ2) is 62.9. The highest BCUT2D eigenvalue weighted by Gasteiger charge is 2.19. The van der Waals surface area contributed by atoms with Gasteiger partial charge in [0.05, 0.1) is 0 Å². The number of ether oxygens (including phenoxy) is 3. The first-order chi connectivity index (χ1) is 36.5. The lowest BCUT2D eigenvalue weighted by Gasteiger charge is -2.18.